The summed E-state index contributed by atoms with van der Waals surface area (Å²) in [6.07, 6.45) is -1.42. The maximum atomic E-state index is 13.6. The maximum absolute atomic E-state index is 13.6. The number of hydrogen-bond donors (Lipinski definition) is 0. The Morgan fingerprint density at radius 1 is 1.31 bits per heavy atom. The molecule has 0 spiro atoms. The standard InChI is InChI=1S/C12H15FO3/c1-4-9(14)12(13)8-5-6-10(15-2)11(7-8)16-3/h5-7,12H,4H2,1-3H3. The Balaban J connectivity index is 3.03. The monoisotopic (exact) mass is 226 g/mol. The highest BCUT2D eigenvalue weighted by Gasteiger charge is 2.19. The minimum Gasteiger partial charge on any atom is -0.493 e. The van der Waals surface area contributed by atoms with E-state index in [1.807, 2.05) is 0 Å². The van der Waals surface area contributed by atoms with Gasteiger partial charge in [-0.1, -0.05) is 13.0 Å². The van der Waals surface area contributed by atoms with Crippen molar-refractivity contribution < 1.29 is 18.7 Å². The zero-order valence-electron chi connectivity index (χ0n) is 9.62. The van der Waals surface area contributed by atoms with Crippen molar-refractivity contribution in [2.45, 2.75) is 19.5 Å². The summed E-state index contributed by atoms with van der Waals surface area (Å²) in [6, 6.07) is 4.60. The van der Waals surface area contributed by atoms with Gasteiger partial charge in [-0.05, 0) is 17.7 Å². The molecule has 4 heteroatoms. The molecule has 0 aliphatic rings. The second-order valence-electron chi connectivity index (χ2n) is 3.30. The summed E-state index contributed by atoms with van der Waals surface area (Å²) >= 11 is 0. The summed E-state index contributed by atoms with van der Waals surface area (Å²) in [4.78, 5) is 11.2. The first-order valence-corrected chi connectivity index (χ1v) is 5.02. The van der Waals surface area contributed by atoms with E-state index in [-0.39, 0.29) is 6.42 Å². The first kappa shape index (κ1) is 12.5. The zero-order valence-corrected chi connectivity index (χ0v) is 9.62. The van der Waals surface area contributed by atoms with Crippen molar-refractivity contribution in [3.05, 3.63) is 23.8 Å². The van der Waals surface area contributed by atoms with Crippen molar-refractivity contribution in [1.29, 1.82) is 0 Å². The smallest absolute Gasteiger partial charge is 0.183 e. The van der Waals surface area contributed by atoms with Gasteiger partial charge in [0.1, 0.15) is 0 Å². The first-order chi connectivity index (χ1) is 7.63. The number of carbonyl (C=O) groups is 1. The maximum Gasteiger partial charge on any atom is 0.183 e. The molecule has 0 saturated carbocycles. The van der Waals surface area contributed by atoms with E-state index in [0.717, 1.165) is 0 Å². The van der Waals surface area contributed by atoms with Crippen LogP contribution in [0.25, 0.3) is 0 Å². The normalized spacial score (nSPS) is 12.0. The van der Waals surface area contributed by atoms with Crippen LogP contribution in [0.15, 0.2) is 18.2 Å². The molecule has 0 aliphatic heterocycles. The number of rotatable bonds is 5. The minimum absolute atomic E-state index is 0.176. The van der Waals surface area contributed by atoms with Gasteiger partial charge in [0.25, 0.3) is 0 Å². The second-order valence-corrected chi connectivity index (χ2v) is 3.30. The Bertz CT molecular complexity index is 377. The number of ether oxygens (including phenoxy) is 2. The Morgan fingerprint density at radius 3 is 2.44 bits per heavy atom. The Morgan fingerprint density at radius 2 is 1.94 bits per heavy atom. The Labute approximate surface area is 94.2 Å². The van der Waals surface area contributed by atoms with Gasteiger partial charge in [-0.2, -0.15) is 0 Å². The van der Waals surface area contributed by atoms with Crippen molar-refractivity contribution >= 4 is 5.78 Å². The van der Waals surface area contributed by atoms with Crippen LogP contribution in [0.4, 0.5) is 4.39 Å². The lowest BCUT2D eigenvalue weighted by Gasteiger charge is -2.11. The number of Topliss-reactive ketones (excluding diaryl/α,β-unsaturated/α-hetero) is 1. The molecule has 0 saturated heterocycles. The summed E-state index contributed by atoms with van der Waals surface area (Å²) in [5.74, 6) is 0.501. The van der Waals surface area contributed by atoms with Gasteiger partial charge in [-0.25, -0.2) is 4.39 Å². The van der Waals surface area contributed by atoms with E-state index in [1.165, 1.54) is 26.4 Å². The van der Waals surface area contributed by atoms with Gasteiger partial charge in [0, 0.05) is 6.42 Å². The van der Waals surface area contributed by atoms with E-state index < -0.39 is 12.0 Å². The third-order valence-corrected chi connectivity index (χ3v) is 2.33. The van der Waals surface area contributed by atoms with Crippen LogP contribution in [0.1, 0.15) is 25.1 Å². The number of carbonyl (C=O) groups excluding carboxylic acids is 1. The van der Waals surface area contributed by atoms with Gasteiger partial charge < -0.3 is 9.47 Å². The summed E-state index contributed by atoms with van der Waals surface area (Å²) in [6.45, 7) is 1.63. The van der Waals surface area contributed by atoms with Crippen molar-refractivity contribution in [3.8, 4) is 11.5 Å². The predicted octanol–water partition coefficient (Wildman–Crippen LogP) is 2.69. The average molecular weight is 226 g/mol. The number of alkyl halides is 1. The molecule has 0 radical (unpaired) electrons. The van der Waals surface area contributed by atoms with Gasteiger partial charge in [0.15, 0.2) is 23.5 Å². The number of ketones is 1. The molecule has 16 heavy (non-hydrogen) atoms. The predicted molar refractivity (Wildman–Crippen MR) is 58.7 cm³/mol. The summed E-state index contributed by atoms with van der Waals surface area (Å²) < 4.78 is 23.7. The molecule has 1 atom stereocenters. The minimum atomic E-state index is -1.59. The van der Waals surface area contributed by atoms with Crippen LogP contribution >= 0.6 is 0 Å². The molecule has 0 aromatic heterocycles. The fourth-order valence-electron chi connectivity index (χ4n) is 1.38. The highest BCUT2D eigenvalue weighted by Crippen LogP contribution is 2.31. The molecule has 0 N–H and O–H groups in total. The summed E-state index contributed by atoms with van der Waals surface area (Å²) in [5, 5.41) is 0. The fraction of sp³-hybridized carbons (Fsp3) is 0.417. The highest BCUT2D eigenvalue weighted by atomic mass is 19.1. The molecule has 0 amide bonds. The van der Waals surface area contributed by atoms with Crippen LogP contribution in [-0.2, 0) is 4.79 Å². The fourth-order valence-corrected chi connectivity index (χ4v) is 1.38. The van der Waals surface area contributed by atoms with Gasteiger partial charge in [0.2, 0.25) is 0 Å². The highest BCUT2D eigenvalue weighted by molar-refractivity contribution is 5.84. The SMILES string of the molecule is CCC(=O)C(F)c1ccc(OC)c(OC)c1. The van der Waals surface area contributed by atoms with Crippen molar-refractivity contribution in [3.63, 3.8) is 0 Å². The van der Waals surface area contributed by atoms with Crippen LogP contribution in [-0.4, -0.2) is 20.0 Å². The molecule has 0 bridgehead atoms. The van der Waals surface area contributed by atoms with E-state index in [9.17, 15) is 9.18 Å². The summed E-state index contributed by atoms with van der Waals surface area (Å²) in [5.41, 5.74) is 0.296. The second kappa shape index (κ2) is 5.49. The van der Waals surface area contributed by atoms with Gasteiger partial charge in [0.05, 0.1) is 14.2 Å². The van der Waals surface area contributed by atoms with E-state index in [4.69, 9.17) is 9.47 Å². The average Bonchev–Trinajstić information content (AvgIpc) is 2.35. The molecule has 0 aliphatic carbocycles. The topological polar surface area (TPSA) is 35.5 Å². The van der Waals surface area contributed by atoms with E-state index in [0.29, 0.717) is 17.1 Å². The van der Waals surface area contributed by atoms with Gasteiger partial charge in [-0.3, -0.25) is 4.79 Å². The molecule has 1 unspecified atom stereocenters. The third-order valence-electron chi connectivity index (χ3n) is 2.33. The van der Waals surface area contributed by atoms with Crippen molar-refractivity contribution in [2.75, 3.05) is 14.2 Å². The quantitative estimate of drug-likeness (QED) is 0.774. The lowest BCUT2D eigenvalue weighted by atomic mass is 10.0. The largest absolute Gasteiger partial charge is 0.493 e. The van der Waals surface area contributed by atoms with Crippen LogP contribution in [0.2, 0.25) is 0 Å². The van der Waals surface area contributed by atoms with Crippen LogP contribution in [0, 0.1) is 0 Å². The third kappa shape index (κ3) is 2.51. The molecule has 1 aromatic rings. The number of methoxy groups -OCH3 is 2. The van der Waals surface area contributed by atoms with Crippen LogP contribution in [0.5, 0.6) is 11.5 Å². The molecule has 1 rings (SSSR count). The van der Waals surface area contributed by atoms with Crippen molar-refractivity contribution in [1.82, 2.24) is 0 Å². The number of hydrogen-bond acceptors (Lipinski definition) is 3. The lowest BCUT2D eigenvalue weighted by Crippen LogP contribution is -2.06. The molecule has 1 aromatic carbocycles. The molecular formula is C12H15FO3. The molecule has 88 valence electrons. The first-order valence-electron chi connectivity index (χ1n) is 5.02. The molecular weight excluding hydrogens is 211 g/mol. The number of halogens is 1. The zero-order chi connectivity index (χ0) is 12.1. The van der Waals surface area contributed by atoms with Gasteiger partial charge in [-0.15, -0.1) is 0 Å². The lowest BCUT2D eigenvalue weighted by molar-refractivity contribution is -0.123. The van der Waals surface area contributed by atoms with E-state index in [2.05, 4.69) is 0 Å². The number of benzene rings is 1. The van der Waals surface area contributed by atoms with E-state index in [1.54, 1.807) is 13.0 Å². The van der Waals surface area contributed by atoms with Crippen LogP contribution in [0.3, 0.4) is 0 Å². The molecule has 0 heterocycles. The Hall–Kier alpha value is -1.58. The van der Waals surface area contributed by atoms with E-state index >= 15 is 0 Å². The van der Waals surface area contributed by atoms with Crippen LogP contribution < -0.4 is 9.47 Å². The van der Waals surface area contributed by atoms with Gasteiger partial charge >= 0.3 is 0 Å². The van der Waals surface area contributed by atoms with Crippen molar-refractivity contribution in [2.24, 2.45) is 0 Å². The Kier molecular flexibility index (Phi) is 4.28. The molecule has 0 fully saturated rings. The summed E-state index contributed by atoms with van der Waals surface area (Å²) in [7, 11) is 2.97. The molecule has 3 nitrogen and oxygen atoms in total.